The van der Waals surface area contributed by atoms with Crippen LogP contribution in [-0.4, -0.2) is 30.7 Å². The number of nitrogens with two attached hydrogens (primary N) is 1. The highest BCUT2D eigenvalue weighted by molar-refractivity contribution is 5.89. The zero-order chi connectivity index (χ0) is 16.0. The quantitative estimate of drug-likeness (QED) is 0.827. The zero-order valence-corrected chi connectivity index (χ0v) is 15.6. The molecule has 1 amide bonds. The third-order valence-electron chi connectivity index (χ3n) is 6.87. The maximum absolute atomic E-state index is 12.9. The lowest BCUT2D eigenvalue weighted by molar-refractivity contribution is -0.225. The molecule has 0 aromatic carbocycles. The van der Waals surface area contributed by atoms with Crippen LogP contribution < -0.4 is 11.1 Å². The Morgan fingerprint density at radius 1 is 1.22 bits per heavy atom. The van der Waals surface area contributed by atoms with Gasteiger partial charge in [-0.15, -0.1) is 12.4 Å². The summed E-state index contributed by atoms with van der Waals surface area (Å²) in [6, 6.07) is 0. The summed E-state index contributed by atoms with van der Waals surface area (Å²) in [5, 5.41) is 3.19. The summed E-state index contributed by atoms with van der Waals surface area (Å²) >= 11 is 0. The van der Waals surface area contributed by atoms with E-state index < -0.39 is 5.54 Å². The molecule has 0 spiro atoms. The van der Waals surface area contributed by atoms with Crippen LogP contribution in [0.4, 0.5) is 0 Å². The number of amides is 1. The molecule has 23 heavy (non-hydrogen) atoms. The van der Waals surface area contributed by atoms with Crippen molar-refractivity contribution in [3.8, 4) is 0 Å². The predicted octanol–water partition coefficient (Wildman–Crippen LogP) is 2.88. The minimum absolute atomic E-state index is 0. The lowest BCUT2D eigenvalue weighted by Crippen LogP contribution is -2.82. The topological polar surface area (TPSA) is 64.4 Å². The SMILES string of the molecule is CC1CCCCC1CNC(=O)C1(N)C2CCCOC2C1(C)C.Cl. The van der Waals surface area contributed by atoms with Gasteiger partial charge in [-0.2, -0.15) is 0 Å². The van der Waals surface area contributed by atoms with Gasteiger partial charge in [-0.3, -0.25) is 4.79 Å². The van der Waals surface area contributed by atoms with Crippen LogP contribution in [-0.2, 0) is 9.53 Å². The van der Waals surface area contributed by atoms with E-state index in [1.807, 2.05) is 0 Å². The number of fused-ring (bicyclic) bond motifs is 1. The van der Waals surface area contributed by atoms with Gasteiger partial charge in [0, 0.05) is 24.5 Å². The maximum atomic E-state index is 12.9. The Bertz CT molecular complexity index is 443. The average molecular weight is 345 g/mol. The molecule has 5 unspecified atom stereocenters. The fraction of sp³-hybridized carbons (Fsp3) is 0.944. The van der Waals surface area contributed by atoms with Gasteiger partial charge < -0.3 is 15.8 Å². The molecule has 0 aromatic heterocycles. The van der Waals surface area contributed by atoms with E-state index in [4.69, 9.17) is 10.5 Å². The van der Waals surface area contributed by atoms with E-state index in [0.29, 0.717) is 11.8 Å². The fourth-order valence-electron chi connectivity index (χ4n) is 5.10. The van der Waals surface area contributed by atoms with E-state index in [1.54, 1.807) is 0 Å². The first-order chi connectivity index (χ1) is 10.4. The number of nitrogens with one attached hydrogen (secondary N) is 1. The van der Waals surface area contributed by atoms with Crippen molar-refractivity contribution in [3.05, 3.63) is 0 Å². The Morgan fingerprint density at radius 3 is 2.61 bits per heavy atom. The van der Waals surface area contributed by atoms with Crippen LogP contribution in [0.15, 0.2) is 0 Å². The van der Waals surface area contributed by atoms with Gasteiger partial charge in [0.1, 0.15) is 5.54 Å². The standard InChI is InChI=1S/C18H32N2O2.ClH/c1-12-7-4-5-8-13(12)11-20-16(21)18(19)14-9-6-10-22-15(14)17(18,2)3;/h12-15H,4-11,19H2,1-3H3,(H,20,21);1H. The number of hydrogen-bond donors (Lipinski definition) is 2. The molecule has 2 aliphatic carbocycles. The van der Waals surface area contributed by atoms with E-state index in [1.165, 1.54) is 25.7 Å². The Balaban J connectivity index is 0.00000192. The lowest BCUT2D eigenvalue weighted by atomic mass is 9.46. The number of rotatable bonds is 3. The third-order valence-corrected chi connectivity index (χ3v) is 6.87. The molecule has 4 nitrogen and oxygen atoms in total. The molecule has 134 valence electrons. The molecule has 3 rings (SSSR count). The summed E-state index contributed by atoms with van der Waals surface area (Å²) < 4.78 is 5.89. The van der Waals surface area contributed by atoms with E-state index in [9.17, 15) is 4.79 Å². The molecule has 1 aliphatic heterocycles. The highest BCUT2D eigenvalue weighted by atomic mass is 35.5. The second-order valence-corrected chi connectivity index (χ2v) is 8.36. The highest BCUT2D eigenvalue weighted by Gasteiger charge is 2.70. The van der Waals surface area contributed by atoms with E-state index in [2.05, 4.69) is 26.1 Å². The van der Waals surface area contributed by atoms with Crippen molar-refractivity contribution in [2.45, 2.75) is 70.9 Å². The molecule has 2 saturated carbocycles. The Morgan fingerprint density at radius 2 is 1.91 bits per heavy atom. The van der Waals surface area contributed by atoms with Crippen molar-refractivity contribution in [1.82, 2.24) is 5.32 Å². The molecule has 1 saturated heterocycles. The fourth-order valence-corrected chi connectivity index (χ4v) is 5.10. The Kier molecular flexibility index (Phi) is 5.70. The van der Waals surface area contributed by atoms with Gasteiger partial charge in [0.25, 0.3) is 0 Å². The minimum atomic E-state index is -0.768. The first-order valence-electron chi connectivity index (χ1n) is 9.08. The maximum Gasteiger partial charge on any atom is 0.241 e. The van der Waals surface area contributed by atoms with E-state index in [-0.39, 0.29) is 35.8 Å². The molecule has 5 heteroatoms. The molecule has 5 atom stereocenters. The monoisotopic (exact) mass is 344 g/mol. The van der Waals surface area contributed by atoms with Crippen LogP contribution in [0, 0.1) is 23.2 Å². The van der Waals surface area contributed by atoms with Crippen molar-refractivity contribution < 1.29 is 9.53 Å². The van der Waals surface area contributed by atoms with Crippen LogP contribution in [0.3, 0.4) is 0 Å². The molecule has 0 aromatic rings. The van der Waals surface area contributed by atoms with Crippen LogP contribution in [0.1, 0.15) is 59.3 Å². The molecule has 1 heterocycles. The van der Waals surface area contributed by atoms with Gasteiger partial charge in [-0.25, -0.2) is 0 Å². The van der Waals surface area contributed by atoms with Crippen molar-refractivity contribution in [2.75, 3.05) is 13.2 Å². The summed E-state index contributed by atoms with van der Waals surface area (Å²) in [5.41, 5.74) is 5.59. The highest BCUT2D eigenvalue weighted by Crippen LogP contribution is 2.57. The van der Waals surface area contributed by atoms with Crippen LogP contribution >= 0.6 is 12.4 Å². The smallest absolute Gasteiger partial charge is 0.241 e. The number of carbonyl (C=O) groups is 1. The predicted molar refractivity (Wildman–Crippen MR) is 94.5 cm³/mol. The average Bonchev–Trinajstić information content (AvgIpc) is 2.53. The number of carbonyl (C=O) groups excluding carboxylic acids is 1. The molecule has 3 fully saturated rings. The molecule has 3 N–H and O–H groups in total. The van der Waals surface area contributed by atoms with Gasteiger partial charge in [0.2, 0.25) is 5.91 Å². The van der Waals surface area contributed by atoms with Crippen molar-refractivity contribution in [3.63, 3.8) is 0 Å². The second-order valence-electron chi connectivity index (χ2n) is 8.36. The molecular weight excluding hydrogens is 312 g/mol. The van der Waals surface area contributed by atoms with Gasteiger partial charge in [-0.05, 0) is 31.1 Å². The number of ether oxygens (including phenoxy) is 1. The number of hydrogen-bond acceptors (Lipinski definition) is 3. The first-order valence-corrected chi connectivity index (χ1v) is 9.08. The molecule has 0 radical (unpaired) electrons. The summed E-state index contributed by atoms with van der Waals surface area (Å²) in [4.78, 5) is 12.9. The Labute approximate surface area is 146 Å². The number of halogens is 1. The first kappa shape index (κ1) is 19.0. The largest absolute Gasteiger partial charge is 0.377 e. The van der Waals surface area contributed by atoms with Gasteiger partial charge in [-0.1, -0.05) is 40.0 Å². The molecular formula is C18H33ClN2O2. The van der Waals surface area contributed by atoms with Gasteiger partial charge in [0.15, 0.2) is 0 Å². The van der Waals surface area contributed by atoms with Crippen LogP contribution in [0.2, 0.25) is 0 Å². The van der Waals surface area contributed by atoms with Crippen LogP contribution in [0.25, 0.3) is 0 Å². The van der Waals surface area contributed by atoms with Gasteiger partial charge in [0.05, 0.1) is 6.10 Å². The minimum Gasteiger partial charge on any atom is -0.377 e. The molecule has 0 bridgehead atoms. The summed E-state index contributed by atoms with van der Waals surface area (Å²) in [7, 11) is 0. The van der Waals surface area contributed by atoms with Gasteiger partial charge >= 0.3 is 0 Å². The van der Waals surface area contributed by atoms with Crippen molar-refractivity contribution in [2.24, 2.45) is 28.9 Å². The zero-order valence-electron chi connectivity index (χ0n) is 14.8. The molecule has 3 aliphatic rings. The normalized spacial score (nSPS) is 41.9. The summed E-state index contributed by atoms with van der Waals surface area (Å²) in [6.07, 6.45) is 7.32. The second kappa shape index (κ2) is 6.89. The van der Waals surface area contributed by atoms with Crippen LogP contribution in [0.5, 0.6) is 0 Å². The summed E-state index contributed by atoms with van der Waals surface area (Å²) in [5.74, 6) is 1.55. The Hall–Kier alpha value is -0.320. The van der Waals surface area contributed by atoms with E-state index in [0.717, 1.165) is 26.0 Å². The van der Waals surface area contributed by atoms with E-state index >= 15 is 0 Å². The van der Waals surface area contributed by atoms with Crippen molar-refractivity contribution in [1.29, 1.82) is 0 Å². The summed E-state index contributed by atoms with van der Waals surface area (Å²) in [6.45, 7) is 8.08. The lowest BCUT2D eigenvalue weighted by Gasteiger charge is -2.65. The van der Waals surface area contributed by atoms with Crippen molar-refractivity contribution >= 4 is 18.3 Å². The third kappa shape index (κ3) is 2.91.